The average Bonchev–Trinajstić information content (AvgIpc) is 3.83. The lowest BCUT2D eigenvalue weighted by molar-refractivity contribution is -0.118. The number of carbonyl (C=O) groups excluding carboxylic acids is 1. The van der Waals surface area contributed by atoms with Crippen LogP contribution in [0.5, 0.6) is 5.75 Å². The zero-order valence-electron chi connectivity index (χ0n) is 24.0. The molecular weight excluding hydrogens is 611 g/mol. The minimum absolute atomic E-state index is 0.00946. The van der Waals surface area contributed by atoms with Crippen molar-refractivity contribution in [1.82, 2.24) is 9.29 Å². The summed E-state index contributed by atoms with van der Waals surface area (Å²) in [6.45, 7) is 1.34. The van der Waals surface area contributed by atoms with Crippen molar-refractivity contribution in [3.8, 4) is 5.75 Å². The number of ether oxygens (including phenoxy) is 2. The van der Waals surface area contributed by atoms with E-state index in [2.05, 4.69) is 20.3 Å². The first-order valence-corrected chi connectivity index (χ1v) is 16.0. The van der Waals surface area contributed by atoms with Crippen molar-refractivity contribution in [2.45, 2.75) is 48.6 Å². The van der Waals surface area contributed by atoms with Gasteiger partial charge in [0.2, 0.25) is 15.9 Å². The second-order valence-electron chi connectivity index (χ2n) is 10.8. The summed E-state index contributed by atoms with van der Waals surface area (Å²) in [6.07, 6.45) is 4.20. The van der Waals surface area contributed by atoms with Crippen molar-refractivity contribution in [2.24, 2.45) is 11.0 Å². The standard InChI is InChI=1S/C30H32ClFN6O5S/c1-42-23-7-9-24(10-8-23)44(40,41)38-18-22(38)6-11-25-26(32)16-34-17-27(25)35-30(39)29(36-37-33)28(20-12-14-43-15-13-20)19-2-4-21(31)5-3-19/h2-5,7-10,16-17,20,22,28-29H,6,11-15,18H2,1H3,(H,35,39)/t22?,28-,29-,38?/m0/s1. The van der Waals surface area contributed by atoms with Crippen molar-refractivity contribution in [2.75, 3.05) is 32.2 Å². The number of sulfonamides is 1. The fourth-order valence-corrected chi connectivity index (χ4v) is 7.47. The molecule has 0 radical (unpaired) electrons. The Balaban J connectivity index is 1.32. The highest BCUT2D eigenvalue weighted by Crippen LogP contribution is 2.38. The number of halogens is 2. The van der Waals surface area contributed by atoms with Crippen LogP contribution in [0.15, 0.2) is 70.9 Å². The van der Waals surface area contributed by atoms with E-state index < -0.39 is 33.7 Å². The first-order chi connectivity index (χ1) is 21.2. The number of methoxy groups -OCH3 is 1. The lowest BCUT2D eigenvalue weighted by Gasteiger charge is -2.34. The van der Waals surface area contributed by atoms with Crippen LogP contribution >= 0.6 is 11.6 Å². The molecule has 4 atom stereocenters. The molecule has 232 valence electrons. The first kappa shape index (κ1) is 31.7. The molecule has 11 nitrogen and oxygen atoms in total. The number of benzene rings is 2. The van der Waals surface area contributed by atoms with E-state index in [0.29, 0.717) is 49.8 Å². The Kier molecular flexibility index (Phi) is 10.0. The molecule has 3 heterocycles. The molecule has 44 heavy (non-hydrogen) atoms. The molecule has 3 aromatic rings. The monoisotopic (exact) mass is 642 g/mol. The molecule has 14 heteroatoms. The van der Waals surface area contributed by atoms with Gasteiger partial charge in [-0.1, -0.05) is 28.8 Å². The summed E-state index contributed by atoms with van der Waals surface area (Å²) >= 11 is 6.11. The van der Waals surface area contributed by atoms with Crippen molar-refractivity contribution >= 4 is 33.2 Å². The van der Waals surface area contributed by atoms with Gasteiger partial charge in [-0.25, -0.2) is 12.8 Å². The summed E-state index contributed by atoms with van der Waals surface area (Å²) in [5, 5.41) is 7.19. The van der Waals surface area contributed by atoms with E-state index in [-0.39, 0.29) is 34.5 Å². The third kappa shape index (κ3) is 7.14. The summed E-state index contributed by atoms with van der Waals surface area (Å²) in [7, 11) is -2.21. The number of anilines is 1. The van der Waals surface area contributed by atoms with E-state index >= 15 is 4.39 Å². The van der Waals surface area contributed by atoms with Gasteiger partial charge >= 0.3 is 0 Å². The lowest BCUT2D eigenvalue weighted by atomic mass is 9.76. The predicted molar refractivity (Wildman–Crippen MR) is 162 cm³/mol. The third-order valence-electron chi connectivity index (χ3n) is 8.13. The van der Waals surface area contributed by atoms with Gasteiger partial charge in [-0.15, -0.1) is 0 Å². The highest BCUT2D eigenvalue weighted by atomic mass is 35.5. The number of nitrogens with one attached hydrogen (secondary N) is 1. The molecule has 1 N–H and O–H groups in total. The first-order valence-electron chi connectivity index (χ1n) is 14.2. The van der Waals surface area contributed by atoms with Crippen molar-refractivity contribution < 1.29 is 27.1 Å². The predicted octanol–water partition coefficient (Wildman–Crippen LogP) is 5.72. The van der Waals surface area contributed by atoms with Crippen LogP contribution in [0.2, 0.25) is 5.02 Å². The molecule has 2 aliphatic heterocycles. The maximum atomic E-state index is 15.1. The molecule has 0 saturated carbocycles. The van der Waals surface area contributed by atoms with E-state index in [1.54, 1.807) is 24.3 Å². The largest absolute Gasteiger partial charge is 0.497 e. The number of carbonyl (C=O) groups is 1. The van der Waals surface area contributed by atoms with Gasteiger partial charge in [0, 0.05) is 47.2 Å². The molecule has 2 unspecified atom stereocenters. The molecule has 2 aromatic carbocycles. The van der Waals surface area contributed by atoms with Gasteiger partial charge in [-0.2, -0.15) is 4.31 Å². The second kappa shape index (κ2) is 13.9. The highest BCUT2D eigenvalue weighted by molar-refractivity contribution is 7.89. The van der Waals surface area contributed by atoms with Crippen LogP contribution in [0.25, 0.3) is 10.4 Å². The van der Waals surface area contributed by atoms with Crippen LogP contribution in [0.3, 0.4) is 0 Å². The Morgan fingerprint density at radius 2 is 1.91 bits per heavy atom. The minimum Gasteiger partial charge on any atom is -0.497 e. The molecule has 0 aliphatic carbocycles. The van der Waals surface area contributed by atoms with Crippen LogP contribution in [-0.4, -0.2) is 62.6 Å². The zero-order valence-corrected chi connectivity index (χ0v) is 25.5. The number of pyridine rings is 1. The van der Waals surface area contributed by atoms with E-state index in [0.717, 1.165) is 11.8 Å². The van der Waals surface area contributed by atoms with Gasteiger partial charge in [-0.05, 0) is 79.1 Å². The molecule has 0 bridgehead atoms. The van der Waals surface area contributed by atoms with Crippen molar-refractivity contribution in [1.29, 1.82) is 0 Å². The van der Waals surface area contributed by atoms with Gasteiger partial charge < -0.3 is 14.8 Å². The number of rotatable bonds is 12. The Labute approximate surface area is 260 Å². The quantitative estimate of drug-likeness (QED) is 0.116. The maximum Gasteiger partial charge on any atom is 0.243 e. The molecular formula is C30H32ClFN6O5S. The van der Waals surface area contributed by atoms with Crippen molar-refractivity contribution in [3.63, 3.8) is 0 Å². The van der Waals surface area contributed by atoms with Crippen LogP contribution in [0, 0.1) is 11.7 Å². The van der Waals surface area contributed by atoms with E-state index in [1.807, 2.05) is 12.1 Å². The van der Waals surface area contributed by atoms with Gasteiger partial charge in [0.25, 0.3) is 0 Å². The van der Waals surface area contributed by atoms with E-state index in [4.69, 9.17) is 21.1 Å². The molecule has 2 aliphatic rings. The molecule has 2 fully saturated rings. The zero-order chi connectivity index (χ0) is 31.3. The average molecular weight is 643 g/mol. The van der Waals surface area contributed by atoms with Crippen molar-refractivity contribution in [3.05, 3.63) is 93.3 Å². The van der Waals surface area contributed by atoms with Crippen LogP contribution in [-0.2, 0) is 26.0 Å². The van der Waals surface area contributed by atoms with Crippen LogP contribution < -0.4 is 10.1 Å². The number of nitrogens with zero attached hydrogens (tertiary/aromatic N) is 5. The Morgan fingerprint density at radius 1 is 1.20 bits per heavy atom. The SMILES string of the molecule is COc1ccc(S(=O)(=O)N2CC2CCc2c(F)cncc2NC(=O)[C@@H](N=[N+]=[N-])[C@@H](c2ccc(Cl)cc2)C2CCOCC2)cc1. The van der Waals surface area contributed by atoms with Crippen LogP contribution in [0.4, 0.5) is 10.1 Å². The summed E-state index contributed by atoms with van der Waals surface area (Å²) in [5.74, 6) is -1.17. The van der Waals surface area contributed by atoms with Gasteiger partial charge in [0.05, 0.1) is 30.1 Å². The third-order valence-corrected chi connectivity index (χ3v) is 10.3. The van der Waals surface area contributed by atoms with E-state index in [1.165, 1.54) is 29.7 Å². The number of aromatic nitrogens is 1. The highest BCUT2D eigenvalue weighted by Gasteiger charge is 2.44. The number of amides is 1. The minimum atomic E-state index is -3.71. The topological polar surface area (TPSA) is 146 Å². The fourth-order valence-electron chi connectivity index (χ4n) is 5.73. The number of hydrogen-bond acceptors (Lipinski definition) is 7. The molecule has 2 saturated heterocycles. The van der Waals surface area contributed by atoms with Gasteiger partial charge in [0.15, 0.2) is 0 Å². The van der Waals surface area contributed by atoms with Gasteiger partial charge in [-0.3, -0.25) is 9.78 Å². The Bertz CT molecular complexity index is 1630. The smallest absolute Gasteiger partial charge is 0.243 e. The molecule has 0 spiro atoms. The van der Waals surface area contributed by atoms with Gasteiger partial charge in [0.1, 0.15) is 17.6 Å². The summed E-state index contributed by atoms with van der Waals surface area (Å²) < 4.78 is 53.2. The number of azide groups is 1. The second-order valence-corrected chi connectivity index (χ2v) is 13.1. The summed E-state index contributed by atoms with van der Waals surface area (Å²) in [4.78, 5) is 20.8. The molecule has 1 amide bonds. The summed E-state index contributed by atoms with van der Waals surface area (Å²) in [6, 6.07) is 11.7. The molecule has 5 rings (SSSR count). The maximum absolute atomic E-state index is 15.1. The normalized spacial score (nSPS) is 19.8. The van der Waals surface area contributed by atoms with E-state index in [9.17, 15) is 18.7 Å². The van der Waals surface area contributed by atoms with Crippen LogP contribution in [0.1, 0.15) is 36.3 Å². The summed E-state index contributed by atoms with van der Waals surface area (Å²) in [5.41, 5.74) is 10.6. The Hall–Kier alpha value is -3.74. The number of hydrogen-bond donors (Lipinski definition) is 1. The Morgan fingerprint density at radius 3 is 2.57 bits per heavy atom. The lowest BCUT2D eigenvalue weighted by Crippen LogP contribution is -2.37. The molecule has 1 aromatic heterocycles. The fraction of sp³-hybridized carbons (Fsp3) is 0.400.